The molecule has 1 fully saturated rings. The largest absolute Gasteiger partial charge is 0.492 e. The third kappa shape index (κ3) is 4.59. The van der Waals surface area contributed by atoms with Crippen LogP contribution < -0.4 is 4.74 Å². The van der Waals surface area contributed by atoms with Gasteiger partial charge in [-0.1, -0.05) is 36.6 Å². The first-order valence-corrected chi connectivity index (χ1v) is 11.8. The minimum atomic E-state index is -1.04. The van der Waals surface area contributed by atoms with Crippen molar-refractivity contribution in [2.75, 3.05) is 6.61 Å². The Morgan fingerprint density at radius 2 is 1.83 bits per heavy atom. The lowest BCUT2D eigenvalue weighted by Gasteiger charge is -2.16. The predicted octanol–water partition coefficient (Wildman–Crippen LogP) is 7.26. The average Bonchev–Trinajstić information content (AvgIpc) is 3.48. The molecule has 0 amide bonds. The standard InChI is InChI=1S/C27H21ClF3N3O/c28-19-8-9-20(25(10-19)35-15-16-4-1-2-5-16)27-33-23-11-21(29)22(30)12-24(23)34(27)14-18-7-3-6-17(13-32)26(18)31/h3,6-12,16H,1-2,4-5,14-15H2. The number of fused-ring (bicyclic) bond motifs is 1. The average molecular weight is 496 g/mol. The molecule has 0 aliphatic heterocycles. The molecule has 0 radical (unpaired) electrons. The Bertz CT molecular complexity index is 1450. The highest BCUT2D eigenvalue weighted by atomic mass is 35.5. The predicted molar refractivity (Wildman–Crippen MR) is 128 cm³/mol. The highest BCUT2D eigenvalue weighted by Gasteiger charge is 2.22. The summed E-state index contributed by atoms with van der Waals surface area (Å²) in [5.74, 6) is -1.44. The molecule has 1 saturated carbocycles. The van der Waals surface area contributed by atoms with Crippen molar-refractivity contribution in [1.82, 2.24) is 9.55 Å². The topological polar surface area (TPSA) is 50.8 Å². The monoisotopic (exact) mass is 495 g/mol. The number of halogens is 4. The van der Waals surface area contributed by atoms with E-state index in [1.807, 2.05) is 6.07 Å². The molecule has 0 saturated heterocycles. The number of aromatic nitrogens is 2. The summed E-state index contributed by atoms with van der Waals surface area (Å²) in [6, 6.07) is 13.5. The van der Waals surface area contributed by atoms with E-state index in [0.29, 0.717) is 34.7 Å². The number of rotatable bonds is 6. The number of nitrogens with zero attached hydrogens (tertiary/aromatic N) is 3. The molecular weight excluding hydrogens is 475 g/mol. The van der Waals surface area contributed by atoms with E-state index >= 15 is 0 Å². The Morgan fingerprint density at radius 3 is 2.60 bits per heavy atom. The van der Waals surface area contributed by atoms with Gasteiger partial charge in [0.2, 0.25) is 0 Å². The fourth-order valence-electron chi connectivity index (χ4n) is 4.63. The summed E-state index contributed by atoms with van der Waals surface area (Å²) in [4.78, 5) is 4.57. The van der Waals surface area contributed by atoms with Crippen molar-refractivity contribution < 1.29 is 17.9 Å². The van der Waals surface area contributed by atoms with E-state index in [4.69, 9.17) is 16.3 Å². The second-order valence-corrected chi connectivity index (χ2v) is 9.21. The van der Waals surface area contributed by atoms with Gasteiger partial charge in [-0.15, -0.1) is 0 Å². The highest BCUT2D eigenvalue weighted by molar-refractivity contribution is 6.30. The maximum absolute atomic E-state index is 14.9. The van der Waals surface area contributed by atoms with Gasteiger partial charge in [-0.2, -0.15) is 5.26 Å². The van der Waals surface area contributed by atoms with Crippen molar-refractivity contribution in [3.05, 3.63) is 82.1 Å². The van der Waals surface area contributed by atoms with Crippen molar-refractivity contribution in [3.8, 4) is 23.2 Å². The summed E-state index contributed by atoms with van der Waals surface area (Å²) in [6.07, 6.45) is 4.55. The van der Waals surface area contributed by atoms with Gasteiger partial charge in [0, 0.05) is 22.7 Å². The molecule has 0 atom stereocenters. The van der Waals surface area contributed by atoms with E-state index in [2.05, 4.69) is 4.98 Å². The van der Waals surface area contributed by atoms with E-state index in [0.717, 1.165) is 25.0 Å². The number of benzene rings is 3. The van der Waals surface area contributed by atoms with Crippen LogP contribution in [0.25, 0.3) is 22.4 Å². The van der Waals surface area contributed by atoms with Gasteiger partial charge in [-0.25, -0.2) is 18.2 Å². The summed E-state index contributed by atoms with van der Waals surface area (Å²) in [5.41, 5.74) is 1.19. The van der Waals surface area contributed by atoms with Crippen molar-refractivity contribution in [1.29, 1.82) is 5.26 Å². The molecule has 8 heteroatoms. The van der Waals surface area contributed by atoms with Gasteiger partial charge in [0.05, 0.1) is 35.3 Å². The van der Waals surface area contributed by atoms with Crippen LogP contribution in [0.15, 0.2) is 48.5 Å². The number of hydrogen-bond donors (Lipinski definition) is 0. The lowest BCUT2D eigenvalue weighted by Crippen LogP contribution is -2.10. The van der Waals surface area contributed by atoms with Crippen LogP contribution >= 0.6 is 11.6 Å². The first kappa shape index (κ1) is 23.3. The fourth-order valence-corrected chi connectivity index (χ4v) is 4.79. The normalized spacial score (nSPS) is 13.9. The summed E-state index contributed by atoms with van der Waals surface area (Å²) in [7, 11) is 0. The zero-order chi connectivity index (χ0) is 24.5. The SMILES string of the molecule is N#Cc1cccc(Cn2c(-c3ccc(Cl)cc3OCC3CCCC3)nc3cc(F)c(F)cc32)c1F. The number of nitriles is 1. The van der Waals surface area contributed by atoms with E-state index in [-0.39, 0.29) is 28.7 Å². The van der Waals surface area contributed by atoms with Gasteiger partial charge < -0.3 is 9.30 Å². The van der Waals surface area contributed by atoms with Crippen LogP contribution in [0.5, 0.6) is 5.75 Å². The van der Waals surface area contributed by atoms with Crippen LogP contribution in [0.2, 0.25) is 5.02 Å². The molecule has 178 valence electrons. The highest BCUT2D eigenvalue weighted by Crippen LogP contribution is 2.36. The molecule has 0 bridgehead atoms. The van der Waals surface area contributed by atoms with Gasteiger partial charge in [-0.05, 0) is 43.0 Å². The van der Waals surface area contributed by atoms with Crippen LogP contribution in [0.1, 0.15) is 36.8 Å². The van der Waals surface area contributed by atoms with Gasteiger partial charge in [0.1, 0.15) is 23.5 Å². The third-order valence-corrected chi connectivity index (χ3v) is 6.69. The Kier molecular flexibility index (Phi) is 6.40. The van der Waals surface area contributed by atoms with Crippen LogP contribution in [-0.4, -0.2) is 16.2 Å². The summed E-state index contributed by atoms with van der Waals surface area (Å²) in [6.45, 7) is 0.471. The van der Waals surface area contributed by atoms with Gasteiger partial charge >= 0.3 is 0 Å². The van der Waals surface area contributed by atoms with Crippen molar-refractivity contribution in [2.45, 2.75) is 32.2 Å². The molecule has 1 aliphatic carbocycles. The van der Waals surface area contributed by atoms with E-state index in [1.54, 1.807) is 34.9 Å². The molecule has 1 aliphatic rings. The molecule has 0 unspecified atom stereocenters. The van der Waals surface area contributed by atoms with E-state index < -0.39 is 17.5 Å². The molecule has 1 heterocycles. The molecule has 3 aromatic carbocycles. The second-order valence-electron chi connectivity index (χ2n) is 8.77. The molecule has 4 aromatic rings. The van der Waals surface area contributed by atoms with Crippen LogP contribution in [-0.2, 0) is 6.54 Å². The third-order valence-electron chi connectivity index (χ3n) is 6.45. The lowest BCUT2D eigenvalue weighted by atomic mass is 10.1. The summed E-state index contributed by atoms with van der Waals surface area (Å²) in [5, 5.41) is 9.70. The Balaban J connectivity index is 1.65. The lowest BCUT2D eigenvalue weighted by molar-refractivity contribution is 0.253. The molecule has 5 rings (SSSR count). The maximum atomic E-state index is 14.9. The maximum Gasteiger partial charge on any atom is 0.161 e. The Morgan fingerprint density at radius 1 is 1.06 bits per heavy atom. The number of hydrogen-bond acceptors (Lipinski definition) is 3. The molecular formula is C27H21ClF3N3O. The van der Waals surface area contributed by atoms with Gasteiger partial charge in [0.15, 0.2) is 11.6 Å². The van der Waals surface area contributed by atoms with Crippen molar-refractivity contribution in [3.63, 3.8) is 0 Å². The minimum Gasteiger partial charge on any atom is -0.492 e. The second kappa shape index (κ2) is 9.63. The van der Waals surface area contributed by atoms with E-state index in [9.17, 15) is 18.4 Å². The molecule has 0 N–H and O–H groups in total. The first-order chi connectivity index (χ1) is 16.9. The quantitative estimate of drug-likeness (QED) is 0.283. The zero-order valence-electron chi connectivity index (χ0n) is 18.7. The van der Waals surface area contributed by atoms with Crippen molar-refractivity contribution >= 4 is 22.6 Å². The number of imidazole rings is 1. The Hall–Kier alpha value is -3.50. The smallest absolute Gasteiger partial charge is 0.161 e. The zero-order valence-corrected chi connectivity index (χ0v) is 19.5. The fraction of sp³-hybridized carbons (Fsp3) is 0.259. The number of ether oxygens (including phenoxy) is 1. The van der Waals surface area contributed by atoms with Crippen LogP contribution in [0.4, 0.5) is 13.2 Å². The molecule has 4 nitrogen and oxygen atoms in total. The van der Waals surface area contributed by atoms with Gasteiger partial charge in [-0.3, -0.25) is 0 Å². The Labute approximate surface area is 205 Å². The summed E-state index contributed by atoms with van der Waals surface area (Å²) >= 11 is 6.26. The molecule has 0 spiro atoms. The minimum absolute atomic E-state index is 0.0526. The van der Waals surface area contributed by atoms with Gasteiger partial charge in [0.25, 0.3) is 0 Å². The molecule has 1 aromatic heterocycles. The molecule has 35 heavy (non-hydrogen) atoms. The summed E-state index contributed by atoms with van der Waals surface area (Å²) < 4.78 is 51.0. The van der Waals surface area contributed by atoms with Crippen molar-refractivity contribution in [2.24, 2.45) is 5.92 Å². The first-order valence-electron chi connectivity index (χ1n) is 11.4. The van der Waals surface area contributed by atoms with Crippen LogP contribution in [0, 0.1) is 34.7 Å². The van der Waals surface area contributed by atoms with Crippen LogP contribution in [0.3, 0.4) is 0 Å². The van der Waals surface area contributed by atoms with E-state index in [1.165, 1.54) is 18.9 Å².